The number of amides is 3. The predicted molar refractivity (Wildman–Crippen MR) is 92.3 cm³/mol. The van der Waals surface area contributed by atoms with Crippen molar-refractivity contribution in [2.45, 2.75) is 6.42 Å². The number of anilines is 1. The van der Waals surface area contributed by atoms with Gasteiger partial charge in [0, 0.05) is 31.9 Å². The summed E-state index contributed by atoms with van der Waals surface area (Å²) in [6, 6.07) is 3.92. The van der Waals surface area contributed by atoms with Crippen LogP contribution in [-0.4, -0.2) is 44.7 Å². The van der Waals surface area contributed by atoms with Gasteiger partial charge in [-0.25, -0.2) is 9.18 Å². The maximum Gasteiger partial charge on any atom is 0.321 e. The first kappa shape index (κ1) is 18.2. The van der Waals surface area contributed by atoms with Crippen LogP contribution in [0, 0.1) is 5.82 Å². The number of carbonyl (C=O) groups is 2. The minimum Gasteiger partial charge on any atom is -0.348 e. The number of carbonyl (C=O) groups excluding carboxylic acids is 2. The van der Waals surface area contributed by atoms with E-state index in [2.05, 4.69) is 16.0 Å². The second-order valence-corrected chi connectivity index (χ2v) is 5.55. The van der Waals surface area contributed by atoms with Gasteiger partial charge in [0.05, 0.1) is 5.56 Å². The maximum absolute atomic E-state index is 14.0. The molecule has 2 heterocycles. The van der Waals surface area contributed by atoms with Crippen LogP contribution in [0.25, 0.3) is 0 Å². The number of urea groups is 1. The van der Waals surface area contributed by atoms with Crippen molar-refractivity contribution in [1.82, 2.24) is 16.0 Å². The number of nitrogens with zero attached hydrogens (tertiary/aromatic N) is 1. The Morgan fingerprint density at radius 2 is 2.17 bits per heavy atom. The lowest BCUT2D eigenvalue weighted by molar-refractivity contribution is 0.0952. The van der Waals surface area contributed by atoms with E-state index in [1.54, 1.807) is 0 Å². The topological polar surface area (TPSA) is 73.5 Å². The van der Waals surface area contributed by atoms with Crippen molar-refractivity contribution in [2.24, 2.45) is 0 Å². The lowest BCUT2D eigenvalue weighted by Crippen LogP contribution is -2.31. The molecule has 24 heavy (non-hydrogen) atoms. The number of hydrogen-bond acceptors (Lipinski definition) is 3. The molecule has 0 atom stereocenters. The van der Waals surface area contributed by atoms with Crippen molar-refractivity contribution in [3.63, 3.8) is 0 Å². The molecule has 130 valence electrons. The van der Waals surface area contributed by atoms with Gasteiger partial charge in [-0.2, -0.15) is 0 Å². The highest BCUT2D eigenvalue weighted by atomic mass is 35.5. The Balaban J connectivity index is 0.00000208. The van der Waals surface area contributed by atoms with Crippen molar-refractivity contribution in [2.75, 3.05) is 37.6 Å². The predicted octanol–water partition coefficient (Wildman–Crippen LogP) is 1.43. The van der Waals surface area contributed by atoms with Gasteiger partial charge in [-0.05, 0) is 31.2 Å². The second kappa shape index (κ2) is 8.12. The van der Waals surface area contributed by atoms with Gasteiger partial charge in [-0.3, -0.25) is 9.69 Å². The van der Waals surface area contributed by atoms with E-state index in [9.17, 15) is 14.0 Å². The summed E-state index contributed by atoms with van der Waals surface area (Å²) in [5.74, 6) is -1.06. The van der Waals surface area contributed by atoms with Crippen molar-refractivity contribution in [3.05, 3.63) is 41.2 Å². The molecule has 1 saturated heterocycles. The van der Waals surface area contributed by atoms with E-state index in [0.29, 0.717) is 25.3 Å². The Morgan fingerprint density at radius 3 is 2.83 bits per heavy atom. The fourth-order valence-corrected chi connectivity index (χ4v) is 2.69. The second-order valence-electron chi connectivity index (χ2n) is 5.55. The first-order chi connectivity index (χ1) is 11.1. The largest absolute Gasteiger partial charge is 0.348 e. The third-order valence-corrected chi connectivity index (χ3v) is 4.00. The fourth-order valence-electron chi connectivity index (χ4n) is 2.69. The number of rotatable bonds is 4. The quantitative estimate of drug-likeness (QED) is 0.716. The number of benzene rings is 1. The molecular weight excluding hydrogens is 335 g/mol. The Morgan fingerprint density at radius 1 is 1.33 bits per heavy atom. The normalized spacial score (nSPS) is 17.0. The fraction of sp³-hybridized carbons (Fsp3) is 0.375. The molecule has 0 unspecified atom stereocenters. The first-order valence-electron chi connectivity index (χ1n) is 7.67. The summed E-state index contributed by atoms with van der Waals surface area (Å²) < 4.78 is 14.0. The van der Waals surface area contributed by atoms with Crippen LogP contribution in [0.3, 0.4) is 0 Å². The van der Waals surface area contributed by atoms with Crippen molar-refractivity contribution in [1.29, 1.82) is 0 Å². The van der Waals surface area contributed by atoms with E-state index in [1.807, 2.05) is 6.08 Å². The lowest BCUT2D eigenvalue weighted by Gasteiger charge is -2.17. The van der Waals surface area contributed by atoms with Gasteiger partial charge < -0.3 is 16.0 Å². The van der Waals surface area contributed by atoms with Gasteiger partial charge in [0.2, 0.25) is 0 Å². The minimum absolute atomic E-state index is 0. The molecule has 1 aromatic rings. The molecule has 2 aliphatic heterocycles. The molecule has 0 bridgehead atoms. The summed E-state index contributed by atoms with van der Waals surface area (Å²) in [6.45, 7) is 3.13. The maximum atomic E-state index is 14.0. The van der Waals surface area contributed by atoms with Crippen LogP contribution in [0.4, 0.5) is 14.9 Å². The van der Waals surface area contributed by atoms with Crippen LogP contribution in [0.1, 0.15) is 16.8 Å². The molecule has 3 N–H and O–H groups in total. The van der Waals surface area contributed by atoms with E-state index in [0.717, 1.165) is 25.1 Å². The van der Waals surface area contributed by atoms with Crippen LogP contribution in [0.2, 0.25) is 0 Å². The molecule has 0 aromatic heterocycles. The van der Waals surface area contributed by atoms with Crippen LogP contribution < -0.4 is 20.9 Å². The Bertz CT molecular complexity index is 665. The highest BCUT2D eigenvalue weighted by molar-refractivity contribution is 5.98. The summed E-state index contributed by atoms with van der Waals surface area (Å²) in [6.07, 6.45) is 2.90. The third kappa shape index (κ3) is 4.04. The van der Waals surface area contributed by atoms with E-state index in [-0.39, 0.29) is 24.0 Å². The molecule has 0 saturated carbocycles. The van der Waals surface area contributed by atoms with Crippen molar-refractivity contribution >= 4 is 30.0 Å². The van der Waals surface area contributed by atoms with Gasteiger partial charge >= 0.3 is 6.03 Å². The van der Waals surface area contributed by atoms with Crippen LogP contribution in [-0.2, 0) is 0 Å². The summed E-state index contributed by atoms with van der Waals surface area (Å²) >= 11 is 0. The molecule has 2 aliphatic rings. The average Bonchev–Trinajstić information content (AvgIpc) is 3.00. The summed E-state index contributed by atoms with van der Waals surface area (Å²) in [5, 5.41) is 8.62. The van der Waals surface area contributed by atoms with E-state index in [1.165, 1.54) is 23.1 Å². The molecule has 8 heteroatoms. The van der Waals surface area contributed by atoms with Gasteiger partial charge in [-0.15, -0.1) is 12.4 Å². The Hall–Kier alpha value is -2.12. The van der Waals surface area contributed by atoms with Gasteiger partial charge in [-0.1, -0.05) is 11.6 Å². The molecule has 0 aliphatic carbocycles. The van der Waals surface area contributed by atoms with E-state index >= 15 is 0 Å². The highest BCUT2D eigenvalue weighted by Gasteiger charge is 2.23. The summed E-state index contributed by atoms with van der Waals surface area (Å²) in [5.41, 5.74) is 1.61. The zero-order valence-corrected chi connectivity index (χ0v) is 13.9. The minimum atomic E-state index is -0.592. The van der Waals surface area contributed by atoms with Gasteiger partial charge in [0.1, 0.15) is 5.82 Å². The number of hydrogen-bond donors (Lipinski definition) is 3. The molecule has 3 amide bonds. The number of nitrogens with one attached hydrogen (secondary N) is 3. The van der Waals surface area contributed by atoms with Crippen LogP contribution in [0.15, 0.2) is 29.8 Å². The van der Waals surface area contributed by atoms with Crippen molar-refractivity contribution in [3.8, 4) is 0 Å². The molecule has 1 aromatic carbocycles. The van der Waals surface area contributed by atoms with E-state index in [4.69, 9.17) is 0 Å². The Labute approximate surface area is 145 Å². The van der Waals surface area contributed by atoms with Gasteiger partial charge in [0.15, 0.2) is 0 Å². The van der Waals surface area contributed by atoms with Crippen molar-refractivity contribution < 1.29 is 14.0 Å². The zero-order chi connectivity index (χ0) is 16.2. The zero-order valence-electron chi connectivity index (χ0n) is 13.1. The number of halogens is 2. The standard InChI is InChI=1S/C16H19FN4O2.ClH/c17-14-2-1-12(21-8-7-19-16(21)23)9-13(14)15(22)20-10-11-3-5-18-6-4-11;/h1-3,9,18H,4-8,10H2,(H,19,23)(H,20,22);1H. The molecule has 3 rings (SSSR count). The monoisotopic (exact) mass is 354 g/mol. The molecule has 0 radical (unpaired) electrons. The lowest BCUT2D eigenvalue weighted by atomic mass is 10.1. The molecule has 1 fully saturated rings. The highest BCUT2D eigenvalue weighted by Crippen LogP contribution is 2.20. The van der Waals surface area contributed by atoms with Crippen LogP contribution >= 0.6 is 12.4 Å². The molecule has 6 nitrogen and oxygen atoms in total. The molecule has 0 spiro atoms. The summed E-state index contributed by atoms with van der Waals surface area (Å²) in [7, 11) is 0. The third-order valence-electron chi connectivity index (χ3n) is 4.00. The van der Waals surface area contributed by atoms with Gasteiger partial charge in [0.25, 0.3) is 5.91 Å². The smallest absolute Gasteiger partial charge is 0.321 e. The first-order valence-corrected chi connectivity index (χ1v) is 7.67. The molecular formula is C16H20ClFN4O2. The summed E-state index contributed by atoms with van der Waals surface area (Å²) in [4.78, 5) is 25.4. The Kier molecular flexibility index (Phi) is 6.16. The van der Waals surface area contributed by atoms with Crippen LogP contribution in [0.5, 0.6) is 0 Å². The average molecular weight is 355 g/mol. The van der Waals surface area contributed by atoms with E-state index < -0.39 is 11.7 Å². The SMILES string of the molecule is Cl.O=C(NCC1=CCNCC1)c1cc(N2CCNC2=O)ccc1F.